The zero-order valence-electron chi connectivity index (χ0n) is 56.7. The van der Waals surface area contributed by atoms with Crippen molar-refractivity contribution in [2.75, 3.05) is 9.80 Å². The van der Waals surface area contributed by atoms with Crippen LogP contribution in [-0.4, -0.2) is 30.1 Å². The van der Waals surface area contributed by atoms with Crippen molar-refractivity contribution in [3.63, 3.8) is 0 Å². The molecular weight excluding hydrogens is 1390 g/mol. The number of phenols is 2. The molecule has 9 heteroatoms. The van der Waals surface area contributed by atoms with Gasteiger partial charge < -0.3 is 15.1 Å². The first-order chi connectivity index (χ1) is 48.2. The predicted octanol–water partition coefficient (Wildman–Crippen LogP) is 24.3. The Hall–Kier alpha value is -10.3. The molecule has 0 bridgehead atoms. The average molecular weight is 1470 g/mol. The Morgan fingerprint density at radius 3 is 1.25 bits per heavy atom. The molecule has 0 radical (unpaired) electrons. The summed E-state index contributed by atoms with van der Waals surface area (Å²) in [6.07, 6.45) is 17.0. The predicted molar refractivity (Wildman–Crippen MR) is 407 cm³/mol. The summed E-state index contributed by atoms with van der Waals surface area (Å²) in [5.74, 6) is 2.28. The third kappa shape index (κ3) is 12.0. The van der Waals surface area contributed by atoms with Gasteiger partial charge in [0.2, 0.25) is 0 Å². The minimum atomic E-state index is -0.141. The van der Waals surface area contributed by atoms with E-state index in [4.69, 9.17) is 19.9 Å². The van der Waals surface area contributed by atoms with Crippen LogP contribution in [0.15, 0.2) is 261 Å². The van der Waals surface area contributed by atoms with Crippen LogP contribution in [0.1, 0.15) is 127 Å². The molecule has 99 heavy (non-hydrogen) atoms. The number of anilines is 6. The number of fused-ring (bicyclic) bond motifs is 10. The Bertz CT molecular complexity index is 4800. The van der Waals surface area contributed by atoms with Gasteiger partial charge in [0.1, 0.15) is 23.1 Å². The van der Waals surface area contributed by atoms with Gasteiger partial charge >= 0.3 is 0 Å². The normalized spacial score (nSPS) is 12.9. The van der Waals surface area contributed by atoms with Gasteiger partial charge in [-0.05, 0) is 148 Å². The van der Waals surface area contributed by atoms with Crippen molar-refractivity contribution in [3.8, 4) is 56.5 Å². The Morgan fingerprint density at radius 1 is 0.374 bits per heavy atom. The third-order valence-electron chi connectivity index (χ3n) is 20.6. The van der Waals surface area contributed by atoms with Crippen molar-refractivity contribution in [1.82, 2.24) is 19.9 Å². The number of benzene rings is 10. The largest absolute Gasteiger partial charge is 0.507 e. The molecule has 0 saturated heterocycles. The second kappa shape index (κ2) is 28.7. The molecule has 4 aromatic heterocycles. The smallest absolute Gasteiger partial charge is 0.137 e. The van der Waals surface area contributed by atoms with Gasteiger partial charge in [0.05, 0.1) is 28.5 Å². The first-order valence-corrected chi connectivity index (χ1v) is 35.3. The fraction of sp³-hybridized carbons (Fsp3) is 0.200. The first kappa shape index (κ1) is 66.0. The van der Waals surface area contributed by atoms with E-state index in [1.54, 1.807) is 6.07 Å². The van der Waals surface area contributed by atoms with E-state index >= 15 is 0 Å². The van der Waals surface area contributed by atoms with E-state index in [1.807, 2.05) is 54.9 Å². The summed E-state index contributed by atoms with van der Waals surface area (Å²) in [4.78, 5) is 25.0. The van der Waals surface area contributed by atoms with Crippen LogP contribution < -0.4 is 9.80 Å². The molecule has 14 aromatic rings. The van der Waals surface area contributed by atoms with Gasteiger partial charge in [-0.3, -0.25) is 9.88 Å². The van der Waals surface area contributed by atoms with Crippen LogP contribution in [0.25, 0.3) is 88.1 Å². The molecule has 0 aliphatic heterocycles. The van der Waals surface area contributed by atoms with Crippen molar-refractivity contribution in [2.24, 2.45) is 0 Å². The van der Waals surface area contributed by atoms with Crippen molar-refractivity contribution in [1.29, 1.82) is 0 Å². The van der Waals surface area contributed by atoms with Gasteiger partial charge in [-0.1, -0.05) is 243 Å². The summed E-state index contributed by atoms with van der Waals surface area (Å²) < 4.78 is 0. The molecule has 2 aliphatic carbocycles. The molecule has 2 aliphatic rings. The van der Waals surface area contributed by atoms with E-state index in [2.05, 4.69) is 244 Å². The number of hydrogen-bond acceptors (Lipinski definition) is 8. The van der Waals surface area contributed by atoms with Gasteiger partial charge in [-0.2, -0.15) is 0 Å². The molecule has 494 valence electrons. The summed E-state index contributed by atoms with van der Waals surface area (Å²) in [6, 6.07) is 90.5. The Labute approximate surface area is 596 Å². The number of unbranched alkanes of at least 4 members (excludes halogenated alkanes) is 4. The van der Waals surface area contributed by atoms with Crippen LogP contribution in [0.3, 0.4) is 0 Å². The van der Waals surface area contributed by atoms with Crippen LogP contribution in [0.5, 0.6) is 11.5 Å². The molecular formula is C90H81N6O2Pt-. The maximum Gasteiger partial charge on any atom is 0.137 e. The quantitative estimate of drug-likeness (QED) is 0.0575. The maximum atomic E-state index is 11.3. The van der Waals surface area contributed by atoms with Gasteiger partial charge in [-0.25, -0.2) is 15.0 Å². The van der Waals surface area contributed by atoms with E-state index in [0.717, 1.165) is 178 Å². The summed E-state index contributed by atoms with van der Waals surface area (Å²) >= 11 is 0. The standard InChI is InChI=1S/C45H41N3O.C45H40N3O.Pt/c2*1-3-5-26-45(27-6-4-2)37-21-14-22-40(49)42(37)43-38(45)24-25-39(47-43)33-17-13-18-34(30-33)48(41-23-11-12-28-46-41)44-35-19-9-7-15-31(35)29-32-16-8-10-20-36(32)44;/h7-25,28-30,49H,3-6,26-27H2,1-2H3;7-25,28-29,49H,3-6,26-27H2,1-2H3;/q;-1;. The van der Waals surface area contributed by atoms with Gasteiger partial charge in [0.15, 0.2) is 0 Å². The molecule has 0 spiro atoms. The van der Waals surface area contributed by atoms with Crippen LogP contribution in [0, 0.1) is 6.07 Å². The Balaban J connectivity index is 0.000000167. The molecule has 0 atom stereocenters. The van der Waals surface area contributed by atoms with Gasteiger partial charge in [0, 0.05) is 88.2 Å². The zero-order chi connectivity index (χ0) is 66.7. The molecule has 10 aromatic carbocycles. The molecule has 0 fully saturated rings. The topological polar surface area (TPSA) is 98.5 Å². The van der Waals surface area contributed by atoms with Crippen molar-refractivity contribution in [3.05, 3.63) is 289 Å². The summed E-state index contributed by atoms with van der Waals surface area (Å²) in [7, 11) is 0. The Kier molecular flexibility index (Phi) is 19.1. The molecule has 0 saturated carbocycles. The minimum Gasteiger partial charge on any atom is -0.507 e. The number of phenolic OH excluding ortho intramolecular Hbond substituents is 2. The van der Waals surface area contributed by atoms with E-state index in [1.165, 1.54) is 43.8 Å². The first-order valence-electron chi connectivity index (χ1n) is 35.3. The maximum absolute atomic E-state index is 11.3. The van der Waals surface area contributed by atoms with E-state index < -0.39 is 0 Å². The van der Waals surface area contributed by atoms with E-state index in [0.29, 0.717) is 11.5 Å². The number of rotatable bonds is 20. The summed E-state index contributed by atoms with van der Waals surface area (Å²) in [5.41, 5.74) is 16.0. The Morgan fingerprint density at radius 2 is 0.788 bits per heavy atom. The molecule has 4 heterocycles. The second-order valence-electron chi connectivity index (χ2n) is 26.5. The number of nitrogens with zero attached hydrogens (tertiary/aromatic N) is 6. The molecule has 0 unspecified atom stereocenters. The van der Waals surface area contributed by atoms with Crippen LogP contribution in [0.2, 0.25) is 0 Å². The fourth-order valence-corrected chi connectivity index (χ4v) is 16.0. The van der Waals surface area contributed by atoms with E-state index in [9.17, 15) is 10.2 Å². The SMILES string of the molecule is CCCCC1(CCCC)c2ccc(-c3[c-]c(N(c4ccccn4)c4c5ccccc5cc5ccccc45)ccc3)nc2-c2c(O)cccc21.CCCCC1(CCCC)c2ccc(-c3cccc(N(c4ccccn4)c4c5ccccc5cc5ccccc45)c3)nc2-c2c(O)cccc21.[Pt]. The van der Waals surface area contributed by atoms with E-state index in [-0.39, 0.29) is 31.9 Å². The molecule has 16 rings (SSSR count). The molecule has 0 amide bonds. The van der Waals surface area contributed by atoms with Crippen molar-refractivity contribution >= 4 is 77.5 Å². The fourth-order valence-electron chi connectivity index (χ4n) is 16.0. The average Bonchev–Trinajstić information content (AvgIpc) is 1.64. The summed E-state index contributed by atoms with van der Waals surface area (Å²) in [5, 5.41) is 31.9. The second-order valence-corrected chi connectivity index (χ2v) is 26.5. The van der Waals surface area contributed by atoms with Gasteiger partial charge in [0.25, 0.3) is 0 Å². The number of pyridine rings is 4. The minimum absolute atomic E-state index is 0. The summed E-state index contributed by atoms with van der Waals surface area (Å²) in [6.45, 7) is 9.03. The number of hydrogen-bond donors (Lipinski definition) is 2. The van der Waals surface area contributed by atoms with Crippen LogP contribution in [0.4, 0.5) is 34.4 Å². The van der Waals surface area contributed by atoms with Crippen LogP contribution >= 0.6 is 0 Å². The van der Waals surface area contributed by atoms with Crippen molar-refractivity contribution < 1.29 is 31.3 Å². The molecule has 2 N–H and O–H groups in total. The monoisotopic (exact) mass is 1470 g/mol. The zero-order valence-corrected chi connectivity index (χ0v) is 59.0. The number of aromatic hydroxyl groups is 2. The number of aromatic nitrogens is 4. The van der Waals surface area contributed by atoms with Crippen LogP contribution in [-0.2, 0) is 31.9 Å². The van der Waals surface area contributed by atoms with Crippen molar-refractivity contribution in [2.45, 2.75) is 116 Å². The third-order valence-corrected chi connectivity index (χ3v) is 20.6. The van der Waals surface area contributed by atoms with Gasteiger partial charge in [-0.15, -0.1) is 29.8 Å². The molecule has 8 nitrogen and oxygen atoms in total.